The van der Waals surface area contributed by atoms with Gasteiger partial charge in [-0.2, -0.15) is 12.1 Å². The summed E-state index contributed by atoms with van der Waals surface area (Å²) in [4.78, 5) is 0. The predicted octanol–water partition coefficient (Wildman–Crippen LogP) is 11.3. The molecule has 0 spiro atoms. The topological polar surface area (TPSA) is 0 Å². The van der Waals surface area contributed by atoms with E-state index in [4.69, 9.17) is 23.2 Å². The molecule has 5 heteroatoms. The molecule has 0 saturated carbocycles. The zero-order chi connectivity index (χ0) is 27.8. The number of benzene rings is 4. The molecule has 0 amide bonds. The van der Waals surface area contributed by atoms with Gasteiger partial charge in [0.1, 0.15) is 0 Å². The van der Waals surface area contributed by atoms with E-state index in [1.807, 2.05) is 12.1 Å². The number of hydrogen-bond donors (Lipinski definition) is 0. The maximum atomic E-state index is 6.05. The average Bonchev–Trinajstić information content (AvgIpc) is 3.48. The van der Waals surface area contributed by atoms with Crippen LogP contribution in [0.15, 0.2) is 109 Å². The van der Waals surface area contributed by atoms with E-state index in [2.05, 4.69) is 124 Å². The van der Waals surface area contributed by atoms with Crippen molar-refractivity contribution in [2.75, 3.05) is 0 Å². The van der Waals surface area contributed by atoms with Gasteiger partial charge in [0.05, 0.1) is 0 Å². The summed E-state index contributed by atoms with van der Waals surface area (Å²) in [6.07, 6.45) is 0. The smallest absolute Gasteiger partial charge is 0.0307 e. The van der Waals surface area contributed by atoms with E-state index in [0.717, 1.165) is 9.52 Å². The third-order valence-electron chi connectivity index (χ3n) is 6.97. The molecular formula is C36H34Cl2SiZr2-2. The first-order valence-corrected chi connectivity index (χ1v) is 16.3. The zero-order valence-corrected chi connectivity index (χ0v) is 31.5. The molecule has 0 N–H and O–H groups in total. The van der Waals surface area contributed by atoms with Crippen LogP contribution in [0.4, 0.5) is 0 Å². The molecular weight excluding hydrogens is 714 g/mol. The SMILES string of the molecule is C[Si]C.Cc1cc2c(-c3ccccc3)cccc2[c-]1CCl.Cc1cc2c(-c3ccccc3)cccc2[c-]1CCl.[Zr].[Zr]. The Hall–Kier alpha value is -1.34. The molecule has 6 aromatic carbocycles. The van der Waals surface area contributed by atoms with E-state index in [0.29, 0.717) is 11.8 Å². The van der Waals surface area contributed by atoms with Crippen molar-refractivity contribution in [1.82, 2.24) is 0 Å². The van der Waals surface area contributed by atoms with Crippen molar-refractivity contribution in [2.24, 2.45) is 0 Å². The summed E-state index contributed by atoms with van der Waals surface area (Å²) in [5.41, 5.74) is 10.2. The van der Waals surface area contributed by atoms with E-state index in [-0.39, 0.29) is 52.4 Å². The van der Waals surface area contributed by atoms with Crippen molar-refractivity contribution < 1.29 is 52.4 Å². The molecule has 0 unspecified atom stereocenters. The van der Waals surface area contributed by atoms with Gasteiger partial charge in [-0.15, -0.1) is 91.3 Å². The maximum absolute atomic E-state index is 6.05. The molecule has 6 rings (SSSR count). The third kappa shape index (κ3) is 8.40. The van der Waals surface area contributed by atoms with Crippen molar-refractivity contribution in [3.8, 4) is 22.3 Å². The Morgan fingerprint density at radius 1 is 0.537 bits per heavy atom. The van der Waals surface area contributed by atoms with Crippen LogP contribution in [-0.4, -0.2) is 9.52 Å². The Balaban J connectivity index is 0.000000251. The minimum Gasteiger partial charge on any atom is -0.164 e. The summed E-state index contributed by atoms with van der Waals surface area (Å²) in [6.45, 7) is 8.57. The van der Waals surface area contributed by atoms with Gasteiger partial charge in [-0.3, -0.25) is 0 Å². The van der Waals surface area contributed by atoms with Gasteiger partial charge in [0.2, 0.25) is 0 Å². The van der Waals surface area contributed by atoms with Crippen LogP contribution in [0.25, 0.3) is 43.8 Å². The van der Waals surface area contributed by atoms with Gasteiger partial charge < -0.3 is 0 Å². The second kappa shape index (κ2) is 17.7. The summed E-state index contributed by atoms with van der Waals surface area (Å²) in [5.74, 6) is 1.15. The first-order chi connectivity index (χ1) is 19.0. The molecule has 0 aliphatic carbocycles. The molecule has 0 nitrogen and oxygen atoms in total. The zero-order valence-electron chi connectivity index (χ0n) is 24.1. The molecule has 0 fully saturated rings. The Labute approximate surface area is 296 Å². The summed E-state index contributed by atoms with van der Waals surface area (Å²) in [6, 6.07) is 38.4. The van der Waals surface area contributed by atoms with Gasteiger partial charge in [-0.25, -0.2) is 0 Å². The van der Waals surface area contributed by atoms with Crippen LogP contribution in [0.1, 0.15) is 22.3 Å². The van der Waals surface area contributed by atoms with E-state index in [1.54, 1.807) is 0 Å². The number of rotatable bonds is 4. The number of hydrogen-bond acceptors (Lipinski definition) is 0. The first kappa shape index (κ1) is 35.9. The van der Waals surface area contributed by atoms with Crippen LogP contribution >= 0.6 is 23.2 Å². The van der Waals surface area contributed by atoms with Crippen LogP contribution in [-0.2, 0) is 64.2 Å². The van der Waals surface area contributed by atoms with E-state index in [1.165, 1.54) is 66.1 Å². The molecule has 0 aliphatic rings. The summed E-state index contributed by atoms with van der Waals surface area (Å²) >= 11 is 12.1. The van der Waals surface area contributed by atoms with Crippen LogP contribution in [0.2, 0.25) is 13.1 Å². The fourth-order valence-corrected chi connectivity index (χ4v) is 5.80. The van der Waals surface area contributed by atoms with Gasteiger partial charge in [0.25, 0.3) is 0 Å². The van der Waals surface area contributed by atoms with Crippen LogP contribution in [0, 0.1) is 13.8 Å². The number of fused-ring (bicyclic) bond motifs is 2. The first-order valence-electron chi connectivity index (χ1n) is 13.2. The van der Waals surface area contributed by atoms with Crippen LogP contribution < -0.4 is 0 Å². The van der Waals surface area contributed by atoms with Crippen molar-refractivity contribution in [3.63, 3.8) is 0 Å². The van der Waals surface area contributed by atoms with Gasteiger partial charge in [-0.05, 0) is 11.1 Å². The Kier molecular flexibility index (Phi) is 15.5. The standard InChI is InChI=1S/2C17H14Cl.C2H6Si.2Zr/c2*1-12-10-16-14(13-6-3-2-4-7-13)8-5-9-15(16)17(12)11-18;1-3-2;;/h2*2-10H,11H2,1H3;1-2H3;;/q2*-1;;;. The molecule has 0 aliphatic heterocycles. The molecule has 6 aromatic rings. The van der Waals surface area contributed by atoms with Gasteiger partial charge in [0, 0.05) is 73.7 Å². The quantitative estimate of drug-likeness (QED) is 0.0957. The van der Waals surface area contributed by atoms with Crippen LogP contribution in [0.3, 0.4) is 0 Å². The molecule has 206 valence electrons. The molecule has 0 heterocycles. The number of aryl methyl sites for hydroxylation is 2. The van der Waals surface area contributed by atoms with Crippen molar-refractivity contribution in [2.45, 2.75) is 38.7 Å². The average molecular weight is 748 g/mol. The van der Waals surface area contributed by atoms with E-state index < -0.39 is 0 Å². The normalized spacial score (nSPS) is 10.1. The monoisotopic (exact) mass is 744 g/mol. The molecule has 0 aromatic heterocycles. The molecule has 0 atom stereocenters. The van der Waals surface area contributed by atoms with Gasteiger partial charge in [0.15, 0.2) is 0 Å². The molecule has 2 radical (unpaired) electrons. The number of halogens is 2. The molecule has 41 heavy (non-hydrogen) atoms. The second-order valence-electron chi connectivity index (χ2n) is 9.64. The summed E-state index contributed by atoms with van der Waals surface area (Å²) < 4.78 is 0. The van der Waals surface area contributed by atoms with E-state index in [9.17, 15) is 0 Å². The van der Waals surface area contributed by atoms with Crippen LogP contribution in [0.5, 0.6) is 0 Å². The second-order valence-corrected chi connectivity index (χ2v) is 11.2. The molecule has 0 bridgehead atoms. The van der Waals surface area contributed by atoms with Crippen molar-refractivity contribution in [1.29, 1.82) is 0 Å². The van der Waals surface area contributed by atoms with Gasteiger partial charge in [-0.1, -0.05) is 111 Å². The minimum absolute atomic E-state index is 0. The Bertz CT molecular complexity index is 1510. The maximum Gasteiger partial charge on any atom is 0.0307 e. The third-order valence-corrected chi connectivity index (χ3v) is 7.51. The van der Waals surface area contributed by atoms with E-state index >= 15 is 0 Å². The number of alkyl halides is 2. The fourth-order valence-electron chi connectivity index (χ4n) is 5.09. The van der Waals surface area contributed by atoms with Crippen molar-refractivity contribution in [3.05, 3.63) is 131 Å². The van der Waals surface area contributed by atoms with Gasteiger partial charge >= 0.3 is 0 Å². The fraction of sp³-hybridized carbons (Fsp3) is 0.167. The Morgan fingerprint density at radius 2 is 0.878 bits per heavy atom. The minimum atomic E-state index is 0. The predicted molar refractivity (Wildman–Crippen MR) is 176 cm³/mol. The largest absolute Gasteiger partial charge is 0.164 e. The van der Waals surface area contributed by atoms with Crippen molar-refractivity contribution >= 4 is 54.3 Å². The Morgan fingerprint density at radius 3 is 1.20 bits per heavy atom. The summed E-state index contributed by atoms with van der Waals surface area (Å²) in [7, 11) is 1.08. The molecule has 0 saturated heterocycles. The summed E-state index contributed by atoms with van der Waals surface area (Å²) in [5, 5.41) is 5.17.